The Morgan fingerprint density at radius 2 is 2.10 bits per heavy atom. The Bertz CT molecular complexity index is 1130. The van der Waals surface area contributed by atoms with E-state index in [0.29, 0.717) is 12.4 Å². The average molecular weight is 411 g/mol. The summed E-state index contributed by atoms with van der Waals surface area (Å²) in [4.78, 5) is 40.7. The summed E-state index contributed by atoms with van der Waals surface area (Å²) < 4.78 is 7.70. The lowest BCUT2D eigenvalue weighted by Crippen LogP contribution is -2.45. The molecular weight excluding hydrogens is 386 g/mol. The highest BCUT2D eigenvalue weighted by Gasteiger charge is 2.24. The van der Waals surface area contributed by atoms with Crippen LogP contribution in [0.25, 0.3) is 10.9 Å². The minimum absolute atomic E-state index is 0.236. The number of rotatable bonds is 6. The number of aromatic nitrogens is 4. The van der Waals surface area contributed by atoms with Crippen LogP contribution in [0, 0.1) is 0 Å². The van der Waals surface area contributed by atoms with E-state index in [9.17, 15) is 14.4 Å². The molecule has 0 saturated heterocycles. The quantitative estimate of drug-likeness (QED) is 0.591. The first-order valence-electron chi connectivity index (χ1n) is 10.2. The van der Waals surface area contributed by atoms with Gasteiger partial charge >= 0.3 is 11.7 Å². The number of amides is 1. The molecular formula is C21H25N5O4. The number of H-pyrrole nitrogens is 1. The van der Waals surface area contributed by atoms with Crippen molar-refractivity contribution in [1.29, 1.82) is 0 Å². The van der Waals surface area contributed by atoms with Crippen molar-refractivity contribution >= 4 is 22.8 Å². The minimum Gasteiger partial charge on any atom is -0.467 e. The molecule has 158 valence electrons. The summed E-state index contributed by atoms with van der Waals surface area (Å²) in [5, 5.41) is 8.01. The Morgan fingerprint density at radius 3 is 2.93 bits per heavy atom. The second-order valence-electron chi connectivity index (χ2n) is 7.53. The number of ether oxygens (including phenoxy) is 1. The molecule has 0 saturated carbocycles. The molecule has 0 fully saturated rings. The van der Waals surface area contributed by atoms with Gasteiger partial charge in [-0.25, -0.2) is 14.3 Å². The molecule has 0 aliphatic carbocycles. The number of aromatic amines is 1. The van der Waals surface area contributed by atoms with Crippen LogP contribution in [-0.4, -0.2) is 44.4 Å². The summed E-state index contributed by atoms with van der Waals surface area (Å²) in [6, 6.07) is 6.87. The SMILES string of the molecule is COC(=O)[C@@H](Cc1c[nH]c2ccccc12)NC(=O)Cn1nc2n(c1=O)CCCCC2. The Balaban J connectivity index is 1.49. The van der Waals surface area contributed by atoms with Crippen LogP contribution < -0.4 is 11.0 Å². The van der Waals surface area contributed by atoms with E-state index in [4.69, 9.17) is 4.74 Å². The number of para-hydroxylation sites is 1. The first kappa shape index (κ1) is 19.9. The molecule has 9 heteroatoms. The number of aryl methyl sites for hydroxylation is 1. The number of nitrogens with one attached hydrogen (secondary N) is 2. The summed E-state index contributed by atoms with van der Waals surface area (Å²) in [6.07, 6.45) is 5.81. The van der Waals surface area contributed by atoms with Gasteiger partial charge in [0.1, 0.15) is 18.4 Å². The number of esters is 1. The highest BCUT2D eigenvalue weighted by molar-refractivity contribution is 5.87. The number of hydrogen-bond acceptors (Lipinski definition) is 5. The second kappa shape index (κ2) is 8.56. The van der Waals surface area contributed by atoms with Gasteiger partial charge in [0.05, 0.1) is 7.11 Å². The lowest BCUT2D eigenvalue weighted by Gasteiger charge is -2.16. The normalized spacial score (nSPS) is 14.7. The maximum atomic E-state index is 12.6. The number of hydrogen-bond donors (Lipinski definition) is 2. The zero-order chi connectivity index (χ0) is 21.1. The fourth-order valence-electron chi connectivity index (χ4n) is 3.96. The third-order valence-corrected chi connectivity index (χ3v) is 5.49. The van der Waals surface area contributed by atoms with Gasteiger partial charge in [0.25, 0.3) is 0 Å². The Labute approximate surface area is 173 Å². The molecule has 4 rings (SSSR count). The van der Waals surface area contributed by atoms with Crippen LogP contribution in [0.3, 0.4) is 0 Å². The maximum absolute atomic E-state index is 12.6. The highest BCUT2D eigenvalue weighted by Crippen LogP contribution is 2.19. The standard InChI is InChI=1S/C21H25N5O4/c1-30-20(28)17(11-14-12-22-16-8-5-4-7-15(14)16)23-19(27)13-26-21(29)25-10-6-2-3-9-18(25)24-26/h4-5,7-8,12,17,22H,2-3,6,9-11,13H2,1H3,(H,23,27)/t17-/m1/s1. The molecule has 0 radical (unpaired) electrons. The van der Waals surface area contributed by atoms with Crippen molar-refractivity contribution < 1.29 is 14.3 Å². The molecule has 2 aromatic heterocycles. The van der Waals surface area contributed by atoms with Crippen molar-refractivity contribution in [1.82, 2.24) is 24.6 Å². The molecule has 0 bridgehead atoms. The molecule has 1 aliphatic rings. The second-order valence-corrected chi connectivity index (χ2v) is 7.53. The highest BCUT2D eigenvalue weighted by atomic mass is 16.5. The average Bonchev–Trinajstić information content (AvgIpc) is 3.18. The van der Waals surface area contributed by atoms with Gasteiger partial charge in [0.2, 0.25) is 5.91 Å². The molecule has 3 aromatic rings. The van der Waals surface area contributed by atoms with E-state index >= 15 is 0 Å². The largest absolute Gasteiger partial charge is 0.467 e. The molecule has 1 aliphatic heterocycles. The number of nitrogens with zero attached hydrogens (tertiary/aromatic N) is 3. The topological polar surface area (TPSA) is 111 Å². The van der Waals surface area contributed by atoms with Gasteiger partial charge in [-0.15, -0.1) is 0 Å². The molecule has 30 heavy (non-hydrogen) atoms. The Hall–Kier alpha value is -3.36. The zero-order valence-electron chi connectivity index (χ0n) is 16.9. The van der Waals surface area contributed by atoms with Crippen molar-refractivity contribution in [3.8, 4) is 0 Å². The third kappa shape index (κ3) is 4.00. The molecule has 9 nitrogen and oxygen atoms in total. The van der Waals surface area contributed by atoms with Crippen molar-refractivity contribution in [2.24, 2.45) is 0 Å². The summed E-state index contributed by atoms with van der Waals surface area (Å²) in [5.41, 5.74) is 1.56. The van der Waals surface area contributed by atoms with E-state index in [0.717, 1.165) is 42.1 Å². The van der Waals surface area contributed by atoms with Crippen molar-refractivity contribution in [3.05, 3.63) is 52.3 Å². The van der Waals surface area contributed by atoms with E-state index < -0.39 is 17.9 Å². The van der Waals surface area contributed by atoms with Crippen LogP contribution in [0.1, 0.15) is 30.7 Å². The lowest BCUT2D eigenvalue weighted by atomic mass is 10.0. The van der Waals surface area contributed by atoms with Crippen LogP contribution in [0.2, 0.25) is 0 Å². The van der Waals surface area contributed by atoms with Crippen molar-refractivity contribution in [2.75, 3.05) is 7.11 Å². The van der Waals surface area contributed by atoms with Gasteiger partial charge in [-0.05, 0) is 24.5 Å². The molecule has 1 atom stereocenters. The van der Waals surface area contributed by atoms with Crippen LogP contribution in [0.15, 0.2) is 35.3 Å². The van der Waals surface area contributed by atoms with Gasteiger partial charge in [-0.1, -0.05) is 24.6 Å². The summed E-state index contributed by atoms with van der Waals surface area (Å²) in [7, 11) is 1.29. The number of fused-ring (bicyclic) bond motifs is 2. The first-order chi connectivity index (χ1) is 14.6. The number of carbonyl (C=O) groups excluding carboxylic acids is 2. The number of methoxy groups -OCH3 is 1. The van der Waals surface area contributed by atoms with Crippen molar-refractivity contribution in [3.63, 3.8) is 0 Å². The first-order valence-corrected chi connectivity index (χ1v) is 10.2. The molecule has 2 N–H and O–H groups in total. The van der Waals surface area contributed by atoms with Gasteiger partial charge in [-0.3, -0.25) is 9.36 Å². The molecule has 3 heterocycles. The van der Waals surface area contributed by atoms with Gasteiger partial charge in [-0.2, -0.15) is 5.10 Å². The summed E-state index contributed by atoms with van der Waals surface area (Å²) in [5.74, 6) is -0.282. The molecule has 0 unspecified atom stereocenters. The van der Waals surface area contributed by atoms with Crippen molar-refractivity contribution in [2.45, 2.75) is 51.2 Å². The molecule has 0 spiro atoms. The van der Waals surface area contributed by atoms with E-state index in [-0.39, 0.29) is 18.7 Å². The monoisotopic (exact) mass is 411 g/mol. The lowest BCUT2D eigenvalue weighted by molar-refractivity contribution is -0.145. The smallest absolute Gasteiger partial charge is 0.346 e. The van der Waals surface area contributed by atoms with Crippen LogP contribution >= 0.6 is 0 Å². The summed E-state index contributed by atoms with van der Waals surface area (Å²) >= 11 is 0. The predicted molar refractivity (Wildman–Crippen MR) is 110 cm³/mol. The van der Waals surface area contributed by atoms with E-state index in [2.05, 4.69) is 15.4 Å². The van der Waals surface area contributed by atoms with Gasteiger partial charge in [0, 0.05) is 36.5 Å². The third-order valence-electron chi connectivity index (χ3n) is 5.49. The molecule has 1 amide bonds. The Kier molecular flexibility index (Phi) is 5.69. The molecule has 1 aromatic carbocycles. The van der Waals surface area contributed by atoms with E-state index in [1.165, 1.54) is 11.8 Å². The fraction of sp³-hybridized carbons (Fsp3) is 0.429. The maximum Gasteiger partial charge on any atom is 0.346 e. The number of benzene rings is 1. The summed E-state index contributed by atoms with van der Waals surface area (Å²) in [6.45, 7) is 0.390. The number of carbonyl (C=O) groups is 2. The van der Waals surface area contributed by atoms with Gasteiger partial charge < -0.3 is 15.0 Å². The zero-order valence-corrected chi connectivity index (χ0v) is 16.9. The van der Waals surface area contributed by atoms with E-state index in [1.54, 1.807) is 4.57 Å². The minimum atomic E-state index is -0.863. The van der Waals surface area contributed by atoms with Crippen LogP contribution in [0.5, 0.6) is 0 Å². The van der Waals surface area contributed by atoms with Gasteiger partial charge in [0.15, 0.2) is 0 Å². The van der Waals surface area contributed by atoms with Crippen LogP contribution in [0.4, 0.5) is 0 Å². The van der Waals surface area contributed by atoms with E-state index in [1.807, 2.05) is 30.5 Å². The Morgan fingerprint density at radius 1 is 1.27 bits per heavy atom. The predicted octanol–water partition coefficient (Wildman–Crippen LogP) is 1.15. The van der Waals surface area contributed by atoms with Crippen LogP contribution in [-0.2, 0) is 40.3 Å². The fourth-order valence-corrected chi connectivity index (χ4v) is 3.96.